The highest BCUT2D eigenvalue weighted by Gasteiger charge is 2.31. The summed E-state index contributed by atoms with van der Waals surface area (Å²) in [5.74, 6) is -0.889. The van der Waals surface area contributed by atoms with Gasteiger partial charge in [-0.2, -0.15) is 0 Å². The average molecular weight is 543 g/mol. The van der Waals surface area contributed by atoms with Crippen molar-refractivity contribution in [2.75, 3.05) is 23.7 Å². The maximum absolute atomic E-state index is 13.7. The van der Waals surface area contributed by atoms with Crippen molar-refractivity contribution in [2.45, 2.75) is 53.1 Å². The van der Waals surface area contributed by atoms with Crippen LogP contribution in [-0.4, -0.2) is 50.5 Å². The smallest absolute Gasteiger partial charge is 0.244 e. The number of para-hydroxylation sites is 1. The van der Waals surface area contributed by atoms with Crippen molar-refractivity contribution in [3.8, 4) is 0 Å². The lowest BCUT2D eigenvalue weighted by atomic mass is 10.1. The number of rotatable bonds is 11. The Labute approximate surface area is 218 Å². The van der Waals surface area contributed by atoms with Gasteiger partial charge in [-0.3, -0.25) is 13.9 Å². The summed E-state index contributed by atoms with van der Waals surface area (Å²) in [5, 5.41) is 3.54. The van der Waals surface area contributed by atoms with Crippen molar-refractivity contribution < 1.29 is 18.0 Å². The van der Waals surface area contributed by atoms with Crippen LogP contribution in [0.5, 0.6) is 0 Å². The second kappa shape index (κ2) is 12.6. The third-order valence-corrected chi connectivity index (χ3v) is 7.58. The van der Waals surface area contributed by atoms with Crippen LogP contribution in [0.4, 0.5) is 5.69 Å². The summed E-state index contributed by atoms with van der Waals surface area (Å²) in [5.41, 5.74) is 2.36. The summed E-state index contributed by atoms with van der Waals surface area (Å²) in [7, 11) is -3.81. The Hall–Kier alpha value is -2.29. The molecular formula is C25H33Cl2N3O4S. The minimum absolute atomic E-state index is 0.0515. The van der Waals surface area contributed by atoms with Gasteiger partial charge in [0.15, 0.2) is 0 Å². The molecule has 0 aliphatic carbocycles. The minimum atomic E-state index is -3.81. The van der Waals surface area contributed by atoms with Gasteiger partial charge in [-0.25, -0.2) is 8.42 Å². The highest BCUT2D eigenvalue weighted by Crippen LogP contribution is 2.29. The van der Waals surface area contributed by atoms with Crippen molar-refractivity contribution >= 4 is 50.7 Å². The average Bonchev–Trinajstić information content (AvgIpc) is 2.77. The molecule has 0 radical (unpaired) electrons. The number of carbonyl (C=O) groups is 2. The Morgan fingerprint density at radius 1 is 1.03 bits per heavy atom. The van der Waals surface area contributed by atoms with Crippen LogP contribution in [-0.2, 0) is 26.2 Å². The van der Waals surface area contributed by atoms with Crippen molar-refractivity contribution in [1.82, 2.24) is 10.2 Å². The van der Waals surface area contributed by atoms with Crippen LogP contribution in [0, 0.1) is 13.8 Å². The molecule has 0 saturated heterocycles. The van der Waals surface area contributed by atoms with Gasteiger partial charge < -0.3 is 10.2 Å². The van der Waals surface area contributed by atoms with E-state index in [1.807, 2.05) is 13.0 Å². The predicted molar refractivity (Wildman–Crippen MR) is 142 cm³/mol. The van der Waals surface area contributed by atoms with Gasteiger partial charge in [0.2, 0.25) is 21.8 Å². The van der Waals surface area contributed by atoms with Crippen molar-refractivity contribution in [1.29, 1.82) is 0 Å². The number of anilines is 1. The molecule has 1 unspecified atom stereocenters. The van der Waals surface area contributed by atoms with Gasteiger partial charge in [0.05, 0.1) is 11.9 Å². The molecule has 2 aromatic rings. The fraction of sp³-hybridized carbons (Fsp3) is 0.440. The maximum atomic E-state index is 13.7. The van der Waals surface area contributed by atoms with E-state index in [0.717, 1.165) is 23.4 Å². The van der Waals surface area contributed by atoms with Gasteiger partial charge in [0.1, 0.15) is 12.6 Å². The zero-order valence-corrected chi connectivity index (χ0v) is 23.1. The molecule has 0 aliphatic rings. The quantitative estimate of drug-likeness (QED) is 0.417. The second-order valence-corrected chi connectivity index (χ2v) is 11.3. The summed E-state index contributed by atoms with van der Waals surface area (Å²) in [6.07, 6.45) is 2.77. The van der Waals surface area contributed by atoms with Gasteiger partial charge in [-0.1, -0.05) is 60.8 Å². The summed E-state index contributed by atoms with van der Waals surface area (Å²) >= 11 is 12.7. The lowest BCUT2D eigenvalue weighted by Gasteiger charge is -2.32. The molecule has 10 heteroatoms. The number of hydrogen-bond donors (Lipinski definition) is 1. The van der Waals surface area contributed by atoms with E-state index < -0.39 is 28.5 Å². The van der Waals surface area contributed by atoms with Crippen molar-refractivity contribution in [2.24, 2.45) is 0 Å². The Morgan fingerprint density at radius 3 is 2.09 bits per heavy atom. The largest absolute Gasteiger partial charge is 0.354 e. The van der Waals surface area contributed by atoms with E-state index >= 15 is 0 Å². The summed E-state index contributed by atoms with van der Waals surface area (Å²) < 4.78 is 26.6. The second-order valence-electron chi connectivity index (χ2n) is 8.55. The Kier molecular flexibility index (Phi) is 10.4. The molecule has 0 saturated carbocycles. The number of unbranched alkanes of at least 4 members (excludes halogenated alkanes) is 1. The summed E-state index contributed by atoms with van der Waals surface area (Å²) in [6.45, 7) is 7.15. The molecule has 2 amide bonds. The molecule has 35 heavy (non-hydrogen) atoms. The molecule has 0 heterocycles. The van der Waals surface area contributed by atoms with Gasteiger partial charge in [0.25, 0.3) is 0 Å². The molecule has 7 nitrogen and oxygen atoms in total. The van der Waals surface area contributed by atoms with Crippen LogP contribution in [0.1, 0.15) is 43.4 Å². The Bertz CT molecular complexity index is 1130. The van der Waals surface area contributed by atoms with Gasteiger partial charge in [-0.05, 0) is 50.5 Å². The van der Waals surface area contributed by atoms with E-state index in [9.17, 15) is 18.0 Å². The lowest BCUT2D eigenvalue weighted by molar-refractivity contribution is -0.139. The third kappa shape index (κ3) is 7.59. The van der Waals surface area contributed by atoms with Crippen molar-refractivity contribution in [3.63, 3.8) is 0 Å². The number of halogens is 2. The maximum Gasteiger partial charge on any atom is 0.244 e. The Balaban J connectivity index is 2.47. The number of nitrogens with zero attached hydrogens (tertiary/aromatic N) is 2. The first kappa shape index (κ1) is 28.9. The number of amides is 2. The first-order valence-electron chi connectivity index (χ1n) is 11.4. The van der Waals surface area contributed by atoms with Crippen LogP contribution in [0.15, 0.2) is 36.4 Å². The first-order valence-corrected chi connectivity index (χ1v) is 14.0. The molecule has 2 rings (SSSR count). The van der Waals surface area contributed by atoms with Crippen LogP contribution < -0.4 is 9.62 Å². The molecule has 1 atom stereocenters. The minimum Gasteiger partial charge on any atom is -0.354 e. The lowest BCUT2D eigenvalue weighted by Crippen LogP contribution is -2.51. The number of hydrogen-bond acceptors (Lipinski definition) is 4. The number of sulfonamides is 1. The molecule has 2 aromatic carbocycles. The molecule has 0 spiro atoms. The predicted octanol–water partition coefficient (Wildman–Crippen LogP) is 4.71. The zero-order valence-electron chi connectivity index (χ0n) is 20.8. The van der Waals surface area contributed by atoms with E-state index in [4.69, 9.17) is 23.2 Å². The topological polar surface area (TPSA) is 86.8 Å². The fourth-order valence-corrected chi connectivity index (χ4v) is 5.23. The van der Waals surface area contributed by atoms with Crippen LogP contribution >= 0.6 is 23.2 Å². The van der Waals surface area contributed by atoms with E-state index in [-0.39, 0.29) is 12.5 Å². The summed E-state index contributed by atoms with van der Waals surface area (Å²) in [4.78, 5) is 27.9. The van der Waals surface area contributed by atoms with E-state index in [1.165, 1.54) is 4.90 Å². The van der Waals surface area contributed by atoms with Gasteiger partial charge in [-0.15, -0.1) is 0 Å². The zero-order chi connectivity index (χ0) is 26.3. The SMILES string of the molecule is CCCCNC(=O)C(C)N(Cc1c(Cl)cccc1Cl)C(=O)CN(c1c(C)cccc1C)S(C)(=O)=O. The van der Waals surface area contributed by atoms with E-state index in [1.54, 1.807) is 51.1 Å². The molecule has 0 fully saturated rings. The van der Waals surface area contributed by atoms with E-state index in [0.29, 0.717) is 39.0 Å². The molecule has 192 valence electrons. The van der Waals surface area contributed by atoms with Crippen LogP contribution in [0.3, 0.4) is 0 Å². The van der Waals surface area contributed by atoms with Crippen LogP contribution in [0.25, 0.3) is 0 Å². The number of carbonyl (C=O) groups excluding carboxylic acids is 2. The molecule has 1 N–H and O–H groups in total. The molecule has 0 aliphatic heterocycles. The highest BCUT2D eigenvalue weighted by atomic mass is 35.5. The van der Waals surface area contributed by atoms with E-state index in [2.05, 4.69) is 5.32 Å². The molecule has 0 bridgehead atoms. The fourth-order valence-electron chi connectivity index (χ4n) is 3.75. The molecule has 0 aromatic heterocycles. The number of aryl methyl sites for hydroxylation is 2. The first-order chi connectivity index (χ1) is 16.4. The normalized spacial score (nSPS) is 12.2. The Morgan fingerprint density at radius 2 is 1.57 bits per heavy atom. The van der Waals surface area contributed by atoms with Gasteiger partial charge in [0, 0.05) is 28.7 Å². The number of nitrogens with one attached hydrogen (secondary N) is 1. The van der Waals surface area contributed by atoms with Crippen molar-refractivity contribution in [3.05, 3.63) is 63.1 Å². The third-order valence-electron chi connectivity index (χ3n) is 5.76. The standard InChI is InChI=1S/C25H33Cl2N3O4S/c1-6-7-14-28-25(32)19(4)29(15-20-21(26)12-9-13-22(20)27)23(31)16-30(35(5,33)34)24-17(2)10-8-11-18(24)3/h8-13,19H,6-7,14-16H2,1-5H3,(H,28,32). The van der Waals surface area contributed by atoms with Gasteiger partial charge >= 0.3 is 0 Å². The number of benzene rings is 2. The van der Waals surface area contributed by atoms with Crippen LogP contribution in [0.2, 0.25) is 10.0 Å². The molecular weight excluding hydrogens is 509 g/mol. The monoisotopic (exact) mass is 541 g/mol. The summed E-state index contributed by atoms with van der Waals surface area (Å²) in [6, 6.07) is 9.50. The highest BCUT2D eigenvalue weighted by molar-refractivity contribution is 7.92.